The number of rotatable bonds is 12. The fourth-order valence-electron chi connectivity index (χ4n) is 3.90. The molecule has 1 aliphatic rings. The van der Waals surface area contributed by atoms with E-state index in [2.05, 4.69) is 58.0 Å². The summed E-state index contributed by atoms with van der Waals surface area (Å²) in [5.41, 5.74) is -0.460. The van der Waals surface area contributed by atoms with Crippen LogP contribution in [0.5, 0.6) is 0 Å². The largest absolute Gasteiger partial charge is 0.352 e. The van der Waals surface area contributed by atoms with Crippen LogP contribution in [0.25, 0.3) is 0 Å². The smallest absolute Gasteiger partial charge is 0.330 e. The van der Waals surface area contributed by atoms with Crippen LogP contribution < -0.4 is 16.6 Å². The van der Waals surface area contributed by atoms with Gasteiger partial charge in [-0.3, -0.25) is 14.3 Å². The molecule has 5 atom stereocenters. The van der Waals surface area contributed by atoms with E-state index in [1.165, 1.54) is 11.7 Å². The summed E-state index contributed by atoms with van der Waals surface area (Å²) in [6, 6.07) is 1.21. The molecule has 2 N–H and O–H groups in total. The lowest BCUT2D eigenvalue weighted by Gasteiger charge is -2.39. The summed E-state index contributed by atoms with van der Waals surface area (Å²) in [6.45, 7) is 17.0. The van der Waals surface area contributed by atoms with Crippen molar-refractivity contribution in [1.29, 1.82) is 0 Å². The third-order valence-electron chi connectivity index (χ3n) is 7.28. The van der Waals surface area contributed by atoms with Crippen LogP contribution in [0.1, 0.15) is 66.2 Å². The van der Waals surface area contributed by atoms with E-state index in [-0.39, 0.29) is 17.2 Å². The molecule has 0 spiro atoms. The Kier molecular flexibility index (Phi) is 10.9. The number of ether oxygens (including phenoxy) is 1. The van der Waals surface area contributed by atoms with Crippen LogP contribution in [0.3, 0.4) is 0 Å². The normalized spacial score (nSPS) is 23.7. The molecular weight excluding hydrogens is 517 g/mol. The molecule has 1 aromatic rings. The SMILES string of the molecule is COP(=S)(OC1CC(n2cc(C)c(=O)[nH]c2=O)OC1C[Si](C)(C)C(C)(C)C)O[C@H](C)CCNC(C)C. The molecule has 0 aliphatic carbocycles. The Labute approximate surface area is 221 Å². The number of aryl methyl sites for hydroxylation is 1. The number of hydrogen-bond acceptors (Lipinski definition) is 8. The number of hydrogen-bond donors (Lipinski definition) is 2. The maximum atomic E-state index is 12.6. The number of nitrogens with one attached hydrogen (secondary N) is 2. The van der Waals surface area contributed by atoms with Crippen LogP contribution in [0, 0.1) is 6.92 Å². The minimum absolute atomic E-state index is 0.139. The second kappa shape index (κ2) is 12.5. The first kappa shape index (κ1) is 31.6. The Balaban J connectivity index is 2.29. The van der Waals surface area contributed by atoms with E-state index in [9.17, 15) is 9.59 Å². The third-order valence-corrected chi connectivity index (χ3v) is 15.3. The van der Waals surface area contributed by atoms with Crippen LogP contribution in [-0.4, -0.2) is 55.6 Å². The molecule has 1 saturated heterocycles. The first-order valence-electron chi connectivity index (χ1n) is 12.7. The zero-order chi connectivity index (χ0) is 27.5. The van der Waals surface area contributed by atoms with Gasteiger partial charge in [0.1, 0.15) is 6.23 Å². The molecule has 208 valence electrons. The van der Waals surface area contributed by atoms with Gasteiger partial charge in [0.2, 0.25) is 0 Å². The summed E-state index contributed by atoms with van der Waals surface area (Å²) in [5, 5.41) is 3.52. The highest BCUT2D eigenvalue weighted by Gasteiger charge is 2.46. The molecule has 0 radical (unpaired) electrons. The Bertz CT molecular complexity index is 1040. The van der Waals surface area contributed by atoms with Gasteiger partial charge >= 0.3 is 12.4 Å². The molecule has 0 aromatic carbocycles. The molecule has 0 bridgehead atoms. The van der Waals surface area contributed by atoms with E-state index < -0.39 is 38.4 Å². The van der Waals surface area contributed by atoms with Crippen molar-refractivity contribution in [2.24, 2.45) is 0 Å². The number of H-pyrrole nitrogens is 1. The number of aromatic amines is 1. The highest BCUT2D eigenvalue weighted by molar-refractivity contribution is 8.07. The van der Waals surface area contributed by atoms with Crippen molar-refractivity contribution < 1.29 is 18.3 Å². The first-order chi connectivity index (χ1) is 16.5. The Morgan fingerprint density at radius 2 is 1.94 bits per heavy atom. The molecule has 9 nitrogen and oxygen atoms in total. The average molecular weight is 564 g/mol. The van der Waals surface area contributed by atoms with E-state index >= 15 is 0 Å². The molecule has 1 aliphatic heterocycles. The molecule has 1 fully saturated rings. The molecule has 36 heavy (non-hydrogen) atoms. The van der Waals surface area contributed by atoms with Gasteiger partial charge in [-0.1, -0.05) is 47.7 Å². The summed E-state index contributed by atoms with van der Waals surface area (Å²) in [5.74, 6) is 0. The lowest BCUT2D eigenvalue weighted by molar-refractivity contribution is -0.0116. The van der Waals surface area contributed by atoms with E-state index in [4.69, 9.17) is 30.1 Å². The lowest BCUT2D eigenvalue weighted by Crippen LogP contribution is -2.43. The first-order valence-corrected chi connectivity index (χ1v) is 18.5. The molecule has 1 aromatic heterocycles. The predicted molar refractivity (Wildman–Crippen MR) is 151 cm³/mol. The molecule has 0 amide bonds. The topological polar surface area (TPSA) is 104 Å². The predicted octanol–water partition coefficient (Wildman–Crippen LogP) is 4.69. The summed E-state index contributed by atoms with van der Waals surface area (Å²) < 4.78 is 26.1. The van der Waals surface area contributed by atoms with E-state index in [1.807, 2.05) is 6.92 Å². The zero-order valence-electron chi connectivity index (χ0n) is 23.5. The van der Waals surface area contributed by atoms with Crippen molar-refractivity contribution in [2.45, 2.75) is 116 Å². The van der Waals surface area contributed by atoms with E-state index in [1.54, 1.807) is 13.1 Å². The van der Waals surface area contributed by atoms with Crippen LogP contribution in [0.2, 0.25) is 24.2 Å². The standard InChI is InChI=1S/C24H46N3O6PSSi/c1-16(2)25-12-11-18(4)32-34(35,30-8)33-19-13-21(27-14-17(3)22(28)26-23(27)29)31-20(19)15-36(9,10)24(5,6)7/h14,16,18-21,25H,11-13,15H2,1-10H3,(H,26,28,29)/t18-,19?,20?,21?,34?/m1/s1. The lowest BCUT2D eigenvalue weighted by atomic mass is 10.2. The van der Waals surface area contributed by atoms with Gasteiger partial charge in [-0.15, -0.1) is 0 Å². The van der Waals surface area contributed by atoms with E-state index in [0.717, 1.165) is 19.0 Å². The monoisotopic (exact) mass is 563 g/mol. The Morgan fingerprint density at radius 1 is 1.31 bits per heavy atom. The second-order valence-electron chi connectivity index (χ2n) is 11.8. The van der Waals surface area contributed by atoms with Crippen molar-refractivity contribution in [1.82, 2.24) is 14.9 Å². The minimum atomic E-state index is -3.06. The highest BCUT2D eigenvalue weighted by atomic mass is 32.5. The third kappa shape index (κ3) is 8.43. The van der Waals surface area contributed by atoms with E-state index in [0.29, 0.717) is 18.0 Å². The van der Waals surface area contributed by atoms with Crippen LogP contribution >= 0.6 is 6.72 Å². The summed E-state index contributed by atoms with van der Waals surface area (Å²) in [7, 11) is -0.264. The van der Waals surface area contributed by atoms with Gasteiger partial charge in [-0.2, -0.15) is 0 Å². The van der Waals surface area contributed by atoms with Gasteiger partial charge in [-0.25, -0.2) is 4.79 Å². The number of aromatic nitrogens is 2. The van der Waals surface area contributed by atoms with Crippen LogP contribution in [0.4, 0.5) is 0 Å². The van der Waals surface area contributed by atoms with Crippen molar-refractivity contribution in [3.05, 3.63) is 32.6 Å². The molecule has 12 heteroatoms. The zero-order valence-corrected chi connectivity index (χ0v) is 26.3. The molecule has 4 unspecified atom stereocenters. The fraction of sp³-hybridized carbons (Fsp3) is 0.833. The molecule has 0 saturated carbocycles. The van der Waals surface area contributed by atoms with Crippen molar-refractivity contribution >= 4 is 26.6 Å². The van der Waals surface area contributed by atoms with Crippen LogP contribution in [0.15, 0.2) is 15.8 Å². The highest BCUT2D eigenvalue weighted by Crippen LogP contribution is 2.55. The second-order valence-corrected chi connectivity index (χ2v) is 20.5. The van der Waals surface area contributed by atoms with Crippen LogP contribution in [-0.2, 0) is 30.1 Å². The van der Waals surface area contributed by atoms with Gasteiger partial charge in [0.15, 0.2) is 0 Å². The summed E-state index contributed by atoms with van der Waals surface area (Å²) >= 11 is 5.77. The fourth-order valence-corrected chi connectivity index (χ4v) is 7.97. The van der Waals surface area contributed by atoms with Gasteiger partial charge < -0.3 is 23.6 Å². The van der Waals surface area contributed by atoms with Gasteiger partial charge in [0.05, 0.1) is 26.4 Å². The minimum Gasteiger partial charge on any atom is -0.352 e. The molecule has 2 rings (SSSR count). The van der Waals surface area contributed by atoms with Crippen molar-refractivity contribution in [3.63, 3.8) is 0 Å². The van der Waals surface area contributed by atoms with Gasteiger partial charge in [0.25, 0.3) is 5.56 Å². The Morgan fingerprint density at radius 3 is 2.50 bits per heavy atom. The maximum absolute atomic E-state index is 12.6. The van der Waals surface area contributed by atoms with Crippen molar-refractivity contribution in [2.75, 3.05) is 13.7 Å². The van der Waals surface area contributed by atoms with Gasteiger partial charge in [-0.05, 0) is 49.7 Å². The molecular formula is C24H46N3O6PSSi. The quantitative estimate of drug-likeness (QED) is 0.279. The van der Waals surface area contributed by atoms with Crippen molar-refractivity contribution in [3.8, 4) is 0 Å². The number of nitrogens with zero attached hydrogens (tertiary/aromatic N) is 1. The molecule has 2 heterocycles. The Hall–Kier alpha value is -0.653. The van der Waals surface area contributed by atoms with Gasteiger partial charge in [0, 0.05) is 31.3 Å². The summed E-state index contributed by atoms with van der Waals surface area (Å²) in [4.78, 5) is 26.9. The average Bonchev–Trinajstić information content (AvgIpc) is 3.10. The maximum Gasteiger partial charge on any atom is 0.330 e. The summed E-state index contributed by atoms with van der Waals surface area (Å²) in [6.07, 6.45) is 1.30.